The van der Waals surface area contributed by atoms with Crippen molar-refractivity contribution in [3.8, 4) is 0 Å². The van der Waals surface area contributed by atoms with Gasteiger partial charge in [-0.1, -0.05) is 0 Å². The Hall–Kier alpha value is -0.450. The maximum atomic E-state index is 4.15. The molecule has 1 aliphatic heterocycles. The Bertz CT molecular complexity index is 319. The first-order valence-electron chi connectivity index (χ1n) is 6.26. The SMILES string of the molecule is c1ncc([C@@H]2C[C@H]2NCC2CCNCC2)s1. The van der Waals surface area contributed by atoms with E-state index in [0.717, 1.165) is 17.9 Å². The summed E-state index contributed by atoms with van der Waals surface area (Å²) in [7, 11) is 0. The van der Waals surface area contributed by atoms with Crippen LogP contribution in [0.5, 0.6) is 0 Å². The molecular weight excluding hydrogens is 218 g/mol. The minimum Gasteiger partial charge on any atom is -0.317 e. The Balaban J connectivity index is 1.41. The fourth-order valence-corrected chi connectivity index (χ4v) is 3.35. The highest BCUT2D eigenvalue weighted by Crippen LogP contribution is 2.42. The zero-order valence-corrected chi connectivity index (χ0v) is 10.3. The van der Waals surface area contributed by atoms with Crippen LogP contribution in [0.25, 0.3) is 0 Å². The molecule has 0 unspecified atom stereocenters. The van der Waals surface area contributed by atoms with Crippen LogP contribution < -0.4 is 10.6 Å². The van der Waals surface area contributed by atoms with Gasteiger partial charge in [-0.3, -0.25) is 4.98 Å². The topological polar surface area (TPSA) is 37.0 Å². The van der Waals surface area contributed by atoms with Gasteiger partial charge >= 0.3 is 0 Å². The van der Waals surface area contributed by atoms with Crippen LogP contribution in [0.2, 0.25) is 0 Å². The zero-order valence-electron chi connectivity index (χ0n) is 9.48. The molecule has 4 heteroatoms. The normalized spacial score (nSPS) is 30.5. The highest BCUT2D eigenvalue weighted by Gasteiger charge is 2.39. The van der Waals surface area contributed by atoms with E-state index in [2.05, 4.69) is 15.6 Å². The number of hydrogen-bond acceptors (Lipinski definition) is 4. The highest BCUT2D eigenvalue weighted by molar-refractivity contribution is 7.09. The third-order valence-electron chi connectivity index (χ3n) is 3.73. The molecule has 2 aliphatic rings. The molecule has 1 aromatic rings. The molecule has 2 heterocycles. The van der Waals surface area contributed by atoms with Crippen molar-refractivity contribution in [2.75, 3.05) is 19.6 Å². The molecular formula is C12H19N3S. The van der Waals surface area contributed by atoms with Crippen molar-refractivity contribution in [3.05, 3.63) is 16.6 Å². The molecule has 2 N–H and O–H groups in total. The Morgan fingerprint density at radius 3 is 3.06 bits per heavy atom. The van der Waals surface area contributed by atoms with Gasteiger partial charge in [-0.25, -0.2) is 0 Å². The van der Waals surface area contributed by atoms with Crippen LogP contribution in [0.4, 0.5) is 0 Å². The number of aromatic nitrogens is 1. The molecule has 2 atom stereocenters. The fourth-order valence-electron chi connectivity index (χ4n) is 2.55. The van der Waals surface area contributed by atoms with Gasteiger partial charge in [0.2, 0.25) is 0 Å². The van der Waals surface area contributed by atoms with Gasteiger partial charge in [-0.2, -0.15) is 0 Å². The summed E-state index contributed by atoms with van der Waals surface area (Å²) in [6, 6.07) is 0.732. The molecule has 0 spiro atoms. The fraction of sp³-hybridized carbons (Fsp3) is 0.750. The third kappa shape index (κ3) is 2.44. The lowest BCUT2D eigenvalue weighted by molar-refractivity contribution is 0.355. The summed E-state index contributed by atoms with van der Waals surface area (Å²) in [5, 5.41) is 7.13. The molecule has 1 aromatic heterocycles. The molecule has 2 fully saturated rings. The van der Waals surface area contributed by atoms with Crippen LogP contribution in [0, 0.1) is 5.92 Å². The minimum atomic E-state index is 0.732. The molecule has 0 amide bonds. The van der Waals surface area contributed by atoms with E-state index in [1.807, 2.05) is 11.7 Å². The summed E-state index contributed by atoms with van der Waals surface area (Å²) in [5.74, 6) is 1.65. The quantitative estimate of drug-likeness (QED) is 0.835. The van der Waals surface area contributed by atoms with Gasteiger partial charge in [0, 0.05) is 23.0 Å². The number of nitrogens with one attached hydrogen (secondary N) is 2. The summed E-state index contributed by atoms with van der Waals surface area (Å²) in [4.78, 5) is 5.61. The smallest absolute Gasteiger partial charge is 0.0794 e. The molecule has 16 heavy (non-hydrogen) atoms. The van der Waals surface area contributed by atoms with Crippen molar-refractivity contribution in [3.63, 3.8) is 0 Å². The summed E-state index contributed by atoms with van der Waals surface area (Å²) in [6.07, 6.45) is 6.02. The molecule has 3 nitrogen and oxygen atoms in total. The van der Waals surface area contributed by atoms with E-state index in [1.54, 1.807) is 11.3 Å². The first-order valence-corrected chi connectivity index (χ1v) is 7.14. The Morgan fingerprint density at radius 1 is 1.44 bits per heavy atom. The lowest BCUT2D eigenvalue weighted by Gasteiger charge is -2.22. The van der Waals surface area contributed by atoms with Crippen molar-refractivity contribution in [1.82, 2.24) is 15.6 Å². The summed E-state index contributed by atoms with van der Waals surface area (Å²) in [6.45, 7) is 3.62. The maximum absolute atomic E-state index is 4.15. The second-order valence-corrected chi connectivity index (χ2v) is 5.87. The largest absolute Gasteiger partial charge is 0.317 e. The molecule has 1 saturated carbocycles. The predicted octanol–water partition coefficient (Wildman–Crippen LogP) is 1.59. The van der Waals surface area contributed by atoms with Crippen LogP contribution in [-0.4, -0.2) is 30.7 Å². The molecule has 0 radical (unpaired) electrons. The van der Waals surface area contributed by atoms with E-state index in [1.165, 1.54) is 43.8 Å². The van der Waals surface area contributed by atoms with Crippen molar-refractivity contribution in [1.29, 1.82) is 0 Å². The van der Waals surface area contributed by atoms with E-state index >= 15 is 0 Å². The van der Waals surface area contributed by atoms with Crippen LogP contribution in [-0.2, 0) is 0 Å². The third-order valence-corrected chi connectivity index (χ3v) is 4.64. The van der Waals surface area contributed by atoms with Gasteiger partial charge in [0.1, 0.15) is 0 Å². The molecule has 1 saturated heterocycles. The molecule has 88 valence electrons. The average molecular weight is 237 g/mol. The van der Waals surface area contributed by atoms with Gasteiger partial charge in [-0.15, -0.1) is 11.3 Å². The van der Waals surface area contributed by atoms with Gasteiger partial charge < -0.3 is 10.6 Å². The summed E-state index contributed by atoms with van der Waals surface area (Å²) in [5.41, 5.74) is 1.94. The summed E-state index contributed by atoms with van der Waals surface area (Å²) >= 11 is 1.80. The molecule has 0 bridgehead atoms. The van der Waals surface area contributed by atoms with Crippen molar-refractivity contribution >= 4 is 11.3 Å². The second-order valence-electron chi connectivity index (χ2n) is 4.95. The van der Waals surface area contributed by atoms with E-state index in [9.17, 15) is 0 Å². The van der Waals surface area contributed by atoms with E-state index in [0.29, 0.717) is 0 Å². The van der Waals surface area contributed by atoms with E-state index < -0.39 is 0 Å². The van der Waals surface area contributed by atoms with Crippen LogP contribution in [0.1, 0.15) is 30.1 Å². The number of hydrogen-bond donors (Lipinski definition) is 2. The second kappa shape index (κ2) is 4.82. The van der Waals surface area contributed by atoms with Crippen LogP contribution in [0.15, 0.2) is 11.7 Å². The van der Waals surface area contributed by atoms with E-state index in [-0.39, 0.29) is 0 Å². The van der Waals surface area contributed by atoms with Crippen molar-refractivity contribution < 1.29 is 0 Å². The lowest BCUT2D eigenvalue weighted by atomic mass is 9.98. The Kier molecular flexibility index (Phi) is 3.22. The Labute approximate surface area is 101 Å². The maximum Gasteiger partial charge on any atom is 0.0794 e. The van der Waals surface area contributed by atoms with E-state index in [4.69, 9.17) is 0 Å². The standard InChI is InChI=1S/C12H19N3S/c1-3-13-4-2-9(1)6-15-11-5-10(11)12-7-14-8-16-12/h7-11,13,15H,1-6H2/t10-,11-/m1/s1. The Morgan fingerprint density at radius 2 is 2.31 bits per heavy atom. The number of nitrogens with zero attached hydrogens (tertiary/aromatic N) is 1. The number of rotatable bonds is 4. The minimum absolute atomic E-state index is 0.732. The van der Waals surface area contributed by atoms with Crippen molar-refractivity contribution in [2.45, 2.75) is 31.2 Å². The highest BCUT2D eigenvalue weighted by atomic mass is 32.1. The first-order chi connectivity index (χ1) is 7.93. The van der Waals surface area contributed by atoms with Gasteiger partial charge in [0.15, 0.2) is 0 Å². The van der Waals surface area contributed by atoms with Gasteiger partial charge in [0.25, 0.3) is 0 Å². The first kappa shape index (κ1) is 10.7. The monoisotopic (exact) mass is 237 g/mol. The zero-order chi connectivity index (χ0) is 10.8. The number of thiazole rings is 1. The predicted molar refractivity (Wildman–Crippen MR) is 66.9 cm³/mol. The summed E-state index contributed by atoms with van der Waals surface area (Å²) < 4.78 is 0. The van der Waals surface area contributed by atoms with Gasteiger partial charge in [-0.05, 0) is 44.8 Å². The van der Waals surface area contributed by atoms with Gasteiger partial charge in [0.05, 0.1) is 5.51 Å². The molecule has 3 rings (SSSR count). The molecule has 0 aromatic carbocycles. The van der Waals surface area contributed by atoms with Crippen LogP contribution in [0.3, 0.4) is 0 Å². The average Bonchev–Trinajstić information content (AvgIpc) is 2.90. The molecule has 1 aliphatic carbocycles. The lowest BCUT2D eigenvalue weighted by Crippen LogP contribution is -2.34. The number of piperidine rings is 1. The van der Waals surface area contributed by atoms with Crippen LogP contribution >= 0.6 is 11.3 Å². The van der Waals surface area contributed by atoms with Crippen molar-refractivity contribution in [2.24, 2.45) is 5.92 Å².